The summed E-state index contributed by atoms with van der Waals surface area (Å²) in [6.07, 6.45) is -1.13. The smallest absolute Gasteiger partial charge is 0.344 e. The van der Waals surface area contributed by atoms with Crippen molar-refractivity contribution < 1.29 is 27.5 Å². The van der Waals surface area contributed by atoms with Crippen molar-refractivity contribution in [1.29, 1.82) is 0 Å². The Balaban J connectivity index is 1.49. The number of hydrogen-bond donors (Lipinski definition) is 2. The van der Waals surface area contributed by atoms with Crippen LogP contribution in [0.3, 0.4) is 0 Å². The second-order valence-corrected chi connectivity index (χ2v) is 8.85. The van der Waals surface area contributed by atoms with Crippen LogP contribution < -0.4 is 15.7 Å². The third kappa shape index (κ3) is 3.58. The van der Waals surface area contributed by atoms with Crippen molar-refractivity contribution in [2.24, 2.45) is 0 Å². The van der Waals surface area contributed by atoms with E-state index in [2.05, 4.69) is 5.32 Å². The predicted molar refractivity (Wildman–Crippen MR) is 102 cm³/mol. The van der Waals surface area contributed by atoms with Crippen LogP contribution in [-0.2, 0) is 14.6 Å². The minimum atomic E-state index is -3.35. The number of aliphatic hydroxyl groups excluding tert-OH is 1. The Morgan fingerprint density at radius 3 is 2.61 bits per heavy atom. The van der Waals surface area contributed by atoms with Crippen molar-refractivity contribution in [3.05, 3.63) is 52.9 Å². The van der Waals surface area contributed by atoms with E-state index in [0.717, 1.165) is 10.8 Å². The lowest BCUT2D eigenvalue weighted by Crippen LogP contribution is -2.44. The van der Waals surface area contributed by atoms with Crippen molar-refractivity contribution >= 4 is 37.5 Å². The van der Waals surface area contributed by atoms with Gasteiger partial charge in [0.15, 0.2) is 16.4 Å². The van der Waals surface area contributed by atoms with E-state index in [0.29, 0.717) is 16.7 Å². The van der Waals surface area contributed by atoms with Crippen LogP contribution in [0.1, 0.15) is 0 Å². The third-order valence-corrected chi connectivity index (χ3v) is 6.35. The number of hydrogen-bond acceptors (Lipinski definition) is 7. The van der Waals surface area contributed by atoms with Gasteiger partial charge in [-0.05, 0) is 23.6 Å². The van der Waals surface area contributed by atoms with Crippen LogP contribution in [0.2, 0.25) is 0 Å². The first kappa shape index (κ1) is 18.5. The SMILES string of the molecule is O=C(COc1ccc2c(c1)oc(=O)c1ccccc12)N[C@H]1CS(=O)(=O)C[C@H]1O. The number of ether oxygens (including phenoxy) is 1. The fourth-order valence-corrected chi connectivity index (χ4v) is 5.06. The number of carbonyl (C=O) groups excluding carboxylic acids is 1. The van der Waals surface area contributed by atoms with Gasteiger partial charge in [0.25, 0.3) is 5.91 Å². The Labute approximate surface area is 159 Å². The molecule has 2 N–H and O–H groups in total. The summed E-state index contributed by atoms with van der Waals surface area (Å²) in [5.41, 5.74) is -0.131. The number of fused-ring (bicyclic) bond motifs is 3. The highest BCUT2D eigenvalue weighted by Gasteiger charge is 2.37. The lowest BCUT2D eigenvalue weighted by molar-refractivity contribution is -0.124. The van der Waals surface area contributed by atoms with Gasteiger partial charge in [0.05, 0.1) is 29.0 Å². The minimum Gasteiger partial charge on any atom is -0.484 e. The summed E-state index contributed by atoms with van der Waals surface area (Å²) in [7, 11) is -3.35. The van der Waals surface area contributed by atoms with Crippen LogP contribution in [0.4, 0.5) is 0 Å². The van der Waals surface area contributed by atoms with Crippen molar-refractivity contribution in [1.82, 2.24) is 5.32 Å². The molecule has 1 fully saturated rings. The summed E-state index contributed by atoms with van der Waals surface area (Å²) in [5.74, 6) is -0.896. The van der Waals surface area contributed by atoms with E-state index in [9.17, 15) is 23.1 Å². The number of sulfone groups is 1. The Bertz CT molecular complexity index is 1230. The maximum atomic E-state index is 12.1. The first-order chi connectivity index (χ1) is 13.3. The molecule has 9 heteroatoms. The van der Waals surface area contributed by atoms with E-state index in [-0.39, 0.29) is 18.1 Å². The molecule has 2 atom stereocenters. The van der Waals surface area contributed by atoms with Crippen LogP contribution in [0.25, 0.3) is 21.7 Å². The number of benzene rings is 2. The van der Waals surface area contributed by atoms with E-state index in [1.54, 1.807) is 24.3 Å². The van der Waals surface area contributed by atoms with Crippen LogP contribution in [0, 0.1) is 0 Å². The van der Waals surface area contributed by atoms with Gasteiger partial charge in [-0.25, -0.2) is 13.2 Å². The zero-order valence-corrected chi connectivity index (χ0v) is 15.4. The number of amides is 1. The maximum Gasteiger partial charge on any atom is 0.344 e. The number of carbonyl (C=O) groups is 1. The Morgan fingerprint density at radius 2 is 1.89 bits per heavy atom. The summed E-state index contributed by atoms with van der Waals surface area (Å²) >= 11 is 0. The zero-order chi connectivity index (χ0) is 19.9. The summed E-state index contributed by atoms with van der Waals surface area (Å²) in [6.45, 7) is -0.368. The molecule has 1 aliphatic heterocycles. The second kappa shape index (κ2) is 6.92. The quantitative estimate of drug-likeness (QED) is 0.483. The van der Waals surface area contributed by atoms with Gasteiger partial charge < -0.3 is 19.6 Å². The third-order valence-electron chi connectivity index (χ3n) is 4.63. The molecular weight excluding hydrogens is 386 g/mol. The molecule has 3 aromatic rings. The number of nitrogens with one attached hydrogen (secondary N) is 1. The van der Waals surface area contributed by atoms with E-state index >= 15 is 0 Å². The standard InChI is InChI=1S/C19H17NO7S/c21-16-10-28(24,25)9-15(16)20-18(22)8-26-11-5-6-13-12-3-1-2-4-14(12)19(23)27-17(13)7-11/h1-7,15-16,21H,8-10H2,(H,20,22)/t15-,16+/m0/s1. The van der Waals surface area contributed by atoms with Crippen LogP contribution in [0.5, 0.6) is 5.75 Å². The van der Waals surface area contributed by atoms with Gasteiger partial charge in [0.1, 0.15) is 11.3 Å². The van der Waals surface area contributed by atoms with Gasteiger partial charge in [0, 0.05) is 11.5 Å². The molecule has 0 aliphatic carbocycles. The average molecular weight is 403 g/mol. The van der Waals surface area contributed by atoms with Gasteiger partial charge >= 0.3 is 5.63 Å². The highest BCUT2D eigenvalue weighted by molar-refractivity contribution is 7.91. The maximum absolute atomic E-state index is 12.1. The van der Waals surface area contributed by atoms with Crippen LogP contribution in [-0.4, -0.2) is 49.7 Å². The minimum absolute atomic E-state index is 0.298. The molecular formula is C19H17NO7S. The molecule has 146 valence electrons. The monoisotopic (exact) mass is 403 g/mol. The molecule has 0 bridgehead atoms. The number of rotatable bonds is 4. The summed E-state index contributed by atoms with van der Waals surface area (Å²) in [6, 6.07) is 11.2. The normalized spacial score (nSPS) is 21.0. The van der Waals surface area contributed by atoms with Crippen molar-refractivity contribution in [2.75, 3.05) is 18.1 Å². The highest BCUT2D eigenvalue weighted by atomic mass is 32.2. The molecule has 1 aliphatic rings. The summed E-state index contributed by atoms with van der Waals surface area (Å²) in [5, 5.41) is 14.2. The van der Waals surface area contributed by atoms with Crippen molar-refractivity contribution in [3.63, 3.8) is 0 Å². The summed E-state index contributed by atoms with van der Waals surface area (Å²) < 4.78 is 33.7. The van der Waals surface area contributed by atoms with Gasteiger partial charge in [0.2, 0.25) is 0 Å². The Kier molecular flexibility index (Phi) is 4.56. The van der Waals surface area contributed by atoms with E-state index < -0.39 is 33.5 Å². The second-order valence-electron chi connectivity index (χ2n) is 6.70. The van der Waals surface area contributed by atoms with Gasteiger partial charge in [-0.2, -0.15) is 0 Å². The molecule has 8 nitrogen and oxygen atoms in total. The molecule has 1 saturated heterocycles. The molecule has 1 amide bonds. The number of aliphatic hydroxyl groups is 1. The van der Waals surface area contributed by atoms with Gasteiger partial charge in [-0.15, -0.1) is 0 Å². The zero-order valence-electron chi connectivity index (χ0n) is 14.6. The van der Waals surface area contributed by atoms with E-state index in [1.165, 1.54) is 6.07 Å². The fourth-order valence-electron chi connectivity index (χ4n) is 3.31. The topological polar surface area (TPSA) is 123 Å². The van der Waals surface area contributed by atoms with Crippen molar-refractivity contribution in [2.45, 2.75) is 12.1 Å². The first-order valence-electron chi connectivity index (χ1n) is 8.59. The average Bonchev–Trinajstić information content (AvgIpc) is 2.91. The van der Waals surface area contributed by atoms with Crippen LogP contribution >= 0.6 is 0 Å². The molecule has 0 radical (unpaired) electrons. The first-order valence-corrected chi connectivity index (χ1v) is 10.4. The van der Waals surface area contributed by atoms with Gasteiger partial charge in [-0.3, -0.25) is 4.79 Å². The highest BCUT2D eigenvalue weighted by Crippen LogP contribution is 2.26. The van der Waals surface area contributed by atoms with Gasteiger partial charge in [-0.1, -0.05) is 18.2 Å². The predicted octanol–water partition coefficient (Wildman–Crippen LogP) is 0.599. The fraction of sp³-hybridized carbons (Fsp3) is 0.263. The molecule has 2 heterocycles. The Hall–Kier alpha value is -2.91. The van der Waals surface area contributed by atoms with E-state index in [1.807, 2.05) is 12.1 Å². The molecule has 0 spiro atoms. The lowest BCUT2D eigenvalue weighted by atomic mass is 10.1. The molecule has 4 rings (SSSR count). The summed E-state index contributed by atoms with van der Waals surface area (Å²) in [4.78, 5) is 24.1. The Morgan fingerprint density at radius 1 is 1.14 bits per heavy atom. The molecule has 2 aromatic carbocycles. The van der Waals surface area contributed by atoms with E-state index in [4.69, 9.17) is 9.15 Å². The molecule has 0 unspecified atom stereocenters. The molecule has 0 saturated carbocycles. The lowest BCUT2D eigenvalue weighted by Gasteiger charge is -2.15. The van der Waals surface area contributed by atoms with Crippen LogP contribution in [0.15, 0.2) is 51.7 Å². The molecule has 1 aromatic heterocycles. The largest absolute Gasteiger partial charge is 0.484 e. The van der Waals surface area contributed by atoms with Crippen molar-refractivity contribution in [3.8, 4) is 5.75 Å². The molecule has 28 heavy (non-hydrogen) atoms.